The molecule has 1 N–H and O–H groups in total. The molecule has 0 aliphatic heterocycles. The minimum Gasteiger partial charge on any atom is -0.384 e. The van der Waals surface area contributed by atoms with Crippen LogP contribution >= 0.6 is 11.3 Å². The van der Waals surface area contributed by atoms with E-state index in [9.17, 15) is 13.2 Å². The van der Waals surface area contributed by atoms with Crippen LogP contribution < -0.4 is 5.32 Å². The number of hydrogen-bond donors (Lipinski definition) is 1. The number of anilines is 1. The molecule has 0 fully saturated rings. The van der Waals surface area contributed by atoms with Gasteiger partial charge in [-0.25, -0.2) is 4.98 Å². The highest BCUT2D eigenvalue weighted by Gasteiger charge is 2.29. The van der Waals surface area contributed by atoms with Crippen LogP contribution in [0.2, 0.25) is 0 Å². The van der Waals surface area contributed by atoms with Gasteiger partial charge in [-0.2, -0.15) is 13.2 Å². The molecular formula is C13H13F3N2S. The molecule has 0 amide bonds. The van der Waals surface area contributed by atoms with Crippen molar-refractivity contribution in [2.24, 2.45) is 0 Å². The Balaban J connectivity index is 1.93. The first-order valence-corrected chi connectivity index (χ1v) is 6.65. The minimum absolute atomic E-state index is 0.224. The number of hydrogen-bond acceptors (Lipinski definition) is 3. The first kappa shape index (κ1) is 13.9. The van der Waals surface area contributed by atoms with Gasteiger partial charge >= 0.3 is 6.18 Å². The van der Waals surface area contributed by atoms with Gasteiger partial charge in [-0.15, -0.1) is 11.3 Å². The Labute approximate surface area is 113 Å². The summed E-state index contributed by atoms with van der Waals surface area (Å²) in [4.78, 5) is 4.20. The van der Waals surface area contributed by atoms with Gasteiger partial charge in [0.05, 0.1) is 10.6 Å². The molecule has 0 saturated heterocycles. The van der Waals surface area contributed by atoms with Crippen molar-refractivity contribution in [1.82, 2.24) is 4.98 Å². The van der Waals surface area contributed by atoms with Crippen LogP contribution in [0.25, 0.3) is 0 Å². The molecule has 2 nitrogen and oxygen atoms in total. The maximum Gasteiger partial charge on any atom is 0.416 e. The summed E-state index contributed by atoms with van der Waals surface area (Å²) in [5, 5.41) is 6.03. The number of benzene rings is 1. The Hall–Kier alpha value is -1.56. The van der Waals surface area contributed by atoms with E-state index >= 15 is 0 Å². The molecule has 0 aliphatic rings. The number of alkyl halides is 3. The van der Waals surface area contributed by atoms with Gasteiger partial charge < -0.3 is 5.32 Å². The van der Waals surface area contributed by atoms with Gasteiger partial charge in [0, 0.05) is 29.7 Å². The van der Waals surface area contributed by atoms with Crippen LogP contribution in [0.4, 0.5) is 18.9 Å². The van der Waals surface area contributed by atoms with Crippen molar-refractivity contribution in [3.8, 4) is 0 Å². The predicted octanol–water partition coefficient (Wildman–Crippen LogP) is 4.38. The van der Waals surface area contributed by atoms with Crippen LogP contribution in [-0.4, -0.2) is 11.5 Å². The van der Waals surface area contributed by atoms with E-state index in [0.29, 0.717) is 12.2 Å². The van der Waals surface area contributed by atoms with E-state index in [1.807, 2.05) is 12.3 Å². The van der Waals surface area contributed by atoms with Crippen LogP contribution in [-0.2, 0) is 6.18 Å². The molecule has 1 aromatic heterocycles. The topological polar surface area (TPSA) is 24.9 Å². The fourth-order valence-corrected chi connectivity index (χ4v) is 2.31. The molecule has 1 atom stereocenters. The zero-order valence-corrected chi connectivity index (χ0v) is 11.1. The lowest BCUT2D eigenvalue weighted by Crippen LogP contribution is -2.10. The van der Waals surface area contributed by atoms with Crippen LogP contribution in [0.3, 0.4) is 0 Å². The molecule has 2 aromatic rings. The summed E-state index contributed by atoms with van der Waals surface area (Å²) in [6.07, 6.45) is -2.54. The normalized spacial score (nSPS) is 13.3. The molecule has 1 heterocycles. The summed E-state index contributed by atoms with van der Waals surface area (Å²) in [7, 11) is 0. The molecule has 1 unspecified atom stereocenters. The third-order valence-corrected chi connectivity index (χ3v) is 3.70. The fraction of sp³-hybridized carbons (Fsp3) is 0.308. The molecule has 102 valence electrons. The lowest BCUT2D eigenvalue weighted by Gasteiger charge is -2.12. The van der Waals surface area contributed by atoms with Gasteiger partial charge in [0.15, 0.2) is 0 Å². The van der Waals surface area contributed by atoms with Gasteiger partial charge in [-0.1, -0.05) is 6.92 Å². The molecule has 6 heteroatoms. The summed E-state index contributed by atoms with van der Waals surface area (Å²) in [5.41, 5.74) is 0.0439. The summed E-state index contributed by atoms with van der Waals surface area (Å²) >= 11 is 1.57. The van der Waals surface area contributed by atoms with Crippen molar-refractivity contribution in [3.63, 3.8) is 0 Å². The van der Waals surface area contributed by atoms with Crippen LogP contribution in [0, 0.1) is 0 Å². The first-order valence-electron chi connectivity index (χ1n) is 5.77. The lowest BCUT2D eigenvalue weighted by atomic mass is 10.1. The van der Waals surface area contributed by atoms with Gasteiger partial charge in [-0.05, 0) is 24.3 Å². The number of aromatic nitrogens is 1. The maximum absolute atomic E-state index is 12.4. The Morgan fingerprint density at radius 1 is 1.26 bits per heavy atom. The van der Waals surface area contributed by atoms with E-state index in [4.69, 9.17) is 0 Å². The molecule has 0 bridgehead atoms. The van der Waals surface area contributed by atoms with Gasteiger partial charge in [-0.3, -0.25) is 0 Å². The van der Waals surface area contributed by atoms with Crippen molar-refractivity contribution >= 4 is 17.0 Å². The molecule has 0 aliphatic carbocycles. The second kappa shape index (κ2) is 5.61. The maximum atomic E-state index is 12.4. The Kier molecular flexibility index (Phi) is 4.09. The number of halogens is 3. The number of nitrogens with zero attached hydrogens (tertiary/aromatic N) is 1. The van der Waals surface area contributed by atoms with Crippen molar-refractivity contribution in [3.05, 3.63) is 46.4 Å². The lowest BCUT2D eigenvalue weighted by molar-refractivity contribution is -0.137. The third kappa shape index (κ3) is 3.70. The highest BCUT2D eigenvalue weighted by Crippen LogP contribution is 2.30. The fourth-order valence-electron chi connectivity index (χ4n) is 1.61. The molecular weight excluding hydrogens is 273 g/mol. The second-order valence-corrected chi connectivity index (χ2v) is 5.15. The van der Waals surface area contributed by atoms with E-state index < -0.39 is 11.7 Å². The summed E-state index contributed by atoms with van der Waals surface area (Å²) in [6.45, 7) is 2.66. The highest BCUT2D eigenvalue weighted by molar-refractivity contribution is 7.09. The Morgan fingerprint density at radius 3 is 2.47 bits per heavy atom. The Bertz CT molecular complexity index is 506. The quantitative estimate of drug-likeness (QED) is 0.902. The largest absolute Gasteiger partial charge is 0.416 e. The van der Waals surface area contributed by atoms with Crippen molar-refractivity contribution in [2.75, 3.05) is 11.9 Å². The molecule has 0 spiro atoms. The summed E-state index contributed by atoms with van der Waals surface area (Å²) < 4.78 is 37.2. The van der Waals surface area contributed by atoms with E-state index in [2.05, 4.69) is 10.3 Å². The van der Waals surface area contributed by atoms with Crippen molar-refractivity contribution < 1.29 is 13.2 Å². The summed E-state index contributed by atoms with van der Waals surface area (Å²) in [6, 6.07) is 5.04. The zero-order valence-electron chi connectivity index (χ0n) is 10.2. The average molecular weight is 286 g/mol. The van der Waals surface area contributed by atoms with Gasteiger partial charge in [0.25, 0.3) is 0 Å². The Morgan fingerprint density at radius 2 is 1.95 bits per heavy atom. The van der Waals surface area contributed by atoms with Crippen LogP contribution in [0.1, 0.15) is 23.4 Å². The highest BCUT2D eigenvalue weighted by atomic mass is 32.1. The van der Waals surface area contributed by atoms with Gasteiger partial charge in [0.2, 0.25) is 0 Å². The van der Waals surface area contributed by atoms with Crippen molar-refractivity contribution in [2.45, 2.75) is 19.0 Å². The predicted molar refractivity (Wildman–Crippen MR) is 70.5 cm³/mol. The monoisotopic (exact) mass is 286 g/mol. The zero-order chi connectivity index (χ0) is 13.9. The average Bonchev–Trinajstić information content (AvgIpc) is 2.89. The van der Waals surface area contributed by atoms with E-state index in [0.717, 1.165) is 17.1 Å². The number of nitrogens with one attached hydrogen (secondary N) is 1. The standard InChI is InChI=1S/C13H13F3N2S/c1-9(12-17-6-7-19-12)8-18-11-4-2-10(3-5-11)13(14,15)16/h2-7,9,18H,8H2,1H3. The van der Waals surface area contributed by atoms with Crippen molar-refractivity contribution in [1.29, 1.82) is 0 Å². The van der Waals surface area contributed by atoms with E-state index in [1.54, 1.807) is 17.5 Å². The SMILES string of the molecule is CC(CNc1ccc(C(F)(F)F)cc1)c1nccs1. The molecule has 2 rings (SSSR count). The molecule has 19 heavy (non-hydrogen) atoms. The van der Waals surface area contributed by atoms with Crippen LogP contribution in [0.15, 0.2) is 35.8 Å². The second-order valence-electron chi connectivity index (χ2n) is 4.23. The van der Waals surface area contributed by atoms with Crippen LogP contribution in [0.5, 0.6) is 0 Å². The molecule has 0 saturated carbocycles. The summed E-state index contributed by atoms with van der Waals surface area (Å²) in [5.74, 6) is 0.224. The van der Waals surface area contributed by atoms with E-state index in [-0.39, 0.29) is 5.92 Å². The van der Waals surface area contributed by atoms with Gasteiger partial charge in [0.1, 0.15) is 0 Å². The molecule has 0 radical (unpaired) electrons. The third-order valence-electron chi connectivity index (χ3n) is 2.70. The number of rotatable bonds is 4. The minimum atomic E-state index is -4.29. The smallest absolute Gasteiger partial charge is 0.384 e. The van der Waals surface area contributed by atoms with E-state index in [1.165, 1.54) is 12.1 Å². The number of thiazole rings is 1. The first-order chi connectivity index (χ1) is 8.97. The molecule has 1 aromatic carbocycles.